The molecule has 0 aromatic rings. The van der Waals surface area contributed by atoms with E-state index < -0.39 is 32.5 Å². The first-order chi connectivity index (χ1) is 27.8. The van der Waals surface area contributed by atoms with E-state index in [1.54, 1.807) is 0 Å². The molecule has 3 N–H and O–H groups in total. The van der Waals surface area contributed by atoms with Crippen molar-refractivity contribution in [3.8, 4) is 0 Å². The molecule has 324 valence electrons. The number of unbranched alkanes of at least 4 members (excludes halogenated alkanes) is 13. The van der Waals surface area contributed by atoms with E-state index in [1.165, 1.54) is 51.4 Å². The number of ether oxygens (including phenoxy) is 2. The van der Waals surface area contributed by atoms with Crippen molar-refractivity contribution in [1.82, 2.24) is 0 Å². The van der Waals surface area contributed by atoms with Crippen molar-refractivity contribution in [2.75, 3.05) is 26.4 Å². The van der Waals surface area contributed by atoms with E-state index in [0.717, 1.165) is 64.2 Å². The number of nitrogens with two attached hydrogens (primary N) is 1. The lowest BCUT2D eigenvalue weighted by atomic mass is 10.1. The third-order valence-electron chi connectivity index (χ3n) is 8.55. The normalized spacial score (nSPS) is 14.2. The van der Waals surface area contributed by atoms with Gasteiger partial charge in [-0.1, -0.05) is 169 Å². The fourth-order valence-corrected chi connectivity index (χ4v) is 6.11. The summed E-state index contributed by atoms with van der Waals surface area (Å²) in [4.78, 5) is 34.8. The summed E-state index contributed by atoms with van der Waals surface area (Å²) in [5, 5.41) is 0. The molecule has 0 radical (unpaired) electrons. The molecular formula is C47H78NO8P. The Balaban J connectivity index is 4.30. The van der Waals surface area contributed by atoms with E-state index in [2.05, 4.69) is 74.6 Å². The molecule has 0 spiro atoms. The van der Waals surface area contributed by atoms with Gasteiger partial charge < -0.3 is 20.1 Å². The molecule has 0 rings (SSSR count). The van der Waals surface area contributed by atoms with E-state index in [4.69, 9.17) is 24.3 Å². The third kappa shape index (κ3) is 42.4. The molecule has 1 unspecified atom stereocenters. The maximum absolute atomic E-state index is 12.6. The average molecular weight is 816 g/mol. The van der Waals surface area contributed by atoms with Crippen molar-refractivity contribution < 1.29 is 37.6 Å². The molecule has 57 heavy (non-hydrogen) atoms. The minimum absolute atomic E-state index is 0.0361. The van der Waals surface area contributed by atoms with E-state index in [0.29, 0.717) is 12.8 Å². The maximum atomic E-state index is 12.6. The highest BCUT2D eigenvalue weighted by Gasteiger charge is 2.25. The highest BCUT2D eigenvalue weighted by molar-refractivity contribution is 7.47. The van der Waals surface area contributed by atoms with Gasteiger partial charge in [0, 0.05) is 19.4 Å². The van der Waals surface area contributed by atoms with Crippen LogP contribution >= 0.6 is 7.82 Å². The monoisotopic (exact) mass is 816 g/mol. The zero-order valence-corrected chi connectivity index (χ0v) is 36.4. The van der Waals surface area contributed by atoms with Crippen molar-refractivity contribution >= 4 is 19.8 Å². The van der Waals surface area contributed by atoms with Crippen LogP contribution in [0.1, 0.15) is 155 Å². The number of allylic oxidation sites excluding steroid dienone is 16. The Morgan fingerprint density at radius 3 is 1.65 bits per heavy atom. The van der Waals surface area contributed by atoms with Crippen LogP contribution in [0.15, 0.2) is 97.2 Å². The molecule has 0 bridgehead atoms. The van der Waals surface area contributed by atoms with Crippen molar-refractivity contribution in [3.05, 3.63) is 97.2 Å². The van der Waals surface area contributed by atoms with Gasteiger partial charge in [0.2, 0.25) is 0 Å². The summed E-state index contributed by atoms with van der Waals surface area (Å²) < 4.78 is 32.7. The summed E-state index contributed by atoms with van der Waals surface area (Å²) in [6.07, 6.45) is 54.5. The van der Waals surface area contributed by atoms with Gasteiger partial charge in [0.25, 0.3) is 0 Å². The smallest absolute Gasteiger partial charge is 0.462 e. The number of hydrogen-bond acceptors (Lipinski definition) is 8. The lowest BCUT2D eigenvalue weighted by Gasteiger charge is -2.19. The number of hydrogen-bond donors (Lipinski definition) is 2. The average Bonchev–Trinajstić information content (AvgIpc) is 3.20. The minimum Gasteiger partial charge on any atom is -0.462 e. The summed E-state index contributed by atoms with van der Waals surface area (Å²) in [6, 6.07) is 0. The molecule has 0 aliphatic heterocycles. The molecule has 0 aliphatic rings. The zero-order valence-electron chi connectivity index (χ0n) is 35.5. The van der Waals surface area contributed by atoms with E-state index in [-0.39, 0.29) is 32.6 Å². The summed E-state index contributed by atoms with van der Waals surface area (Å²) in [7, 11) is -4.40. The Bertz CT molecular complexity index is 1250. The molecule has 2 atom stereocenters. The number of phosphoric acid groups is 1. The SMILES string of the molecule is CC/C=C/C=C/C=C/C=C/CCCCCCCC(=O)O[C@@H](COC(=O)CCC/C=C/C/C=C/C/C=C/C/C=C/CCCCCCCCC)COP(=O)(O)OCCN. The molecule has 10 heteroatoms. The quantitative estimate of drug-likeness (QED) is 0.0204. The highest BCUT2D eigenvalue weighted by atomic mass is 31.2. The second kappa shape index (κ2) is 42.5. The molecule has 0 saturated heterocycles. The first-order valence-corrected chi connectivity index (χ1v) is 23.3. The van der Waals surface area contributed by atoms with Crippen molar-refractivity contribution in [1.29, 1.82) is 0 Å². The van der Waals surface area contributed by atoms with E-state index in [1.807, 2.05) is 36.5 Å². The molecule has 0 fully saturated rings. The standard InChI is InChI=1S/C47H78NO8P/c1-3-5-7-9-11-13-15-17-19-20-21-22-23-24-26-27-29-31-33-35-37-39-46(49)53-43-45(44-55-57(51,52)54-42-41-48)56-47(50)40-38-36-34-32-30-28-25-18-16-14-12-10-8-6-4-2/h6,8,10,12,14,16,18-20,22-23,25-27,31,33,45H,3-5,7,9,11,13,15,17,21,24,28-30,32,34-44,48H2,1-2H3,(H,51,52)/b8-6+,12-10+,16-14+,20-19+,23-22+,25-18+,27-26+,33-31+/t45-/m0/s1. The van der Waals surface area contributed by atoms with Gasteiger partial charge in [-0.05, 0) is 70.6 Å². The summed E-state index contributed by atoms with van der Waals surface area (Å²) in [6.45, 7) is 3.47. The summed E-state index contributed by atoms with van der Waals surface area (Å²) in [5.74, 6) is -0.932. The molecule has 0 amide bonds. The van der Waals surface area contributed by atoms with Gasteiger partial charge in [0.15, 0.2) is 6.10 Å². The second-order valence-electron chi connectivity index (χ2n) is 13.9. The summed E-state index contributed by atoms with van der Waals surface area (Å²) in [5.41, 5.74) is 5.34. The second-order valence-corrected chi connectivity index (χ2v) is 15.4. The maximum Gasteiger partial charge on any atom is 0.472 e. The van der Waals surface area contributed by atoms with E-state index in [9.17, 15) is 19.0 Å². The van der Waals surface area contributed by atoms with Crippen molar-refractivity contribution in [2.24, 2.45) is 5.73 Å². The molecule has 0 aliphatic carbocycles. The first-order valence-electron chi connectivity index (χ1n) is 21.8. The van der Waals surface area contributed by atoms with Crippen LogP contribution in [0.3, 0.4) is 0 Å². The topological polar surface area (TPSA) is 134 Å². The molecule has 9 nitrogen and oxygen atoms in total. The number of carbonyl (C=O) groups is 2. The Hall–Kier alpha value is -3.07. The minimum atomic E-state index is -4.40. The van der Waals surface area contributed by atoms with Crippen LogP contribution in [-0.2, 0) is 32.7 Å². The number of rotatable bonds is 39. The predicted octanol–water partition coefficient (Wildman–Crippen LogP) is 12.6. The van der Waals surface area contributed by atoms with Crippen LogP contribution in [0.4, 0.5) is 0 Å². The fraction of sp³-hybridized carbons (Fsp3) is 0.617. The van der Waals surface area contributed by atoms with Gasteiger partial charge in [-0.25, -0.2) is 4.57 Å². The fourth-order valence-electron chi connectivity index (χ4n) is 5.34. The van der Waals surface area contributed by atoms with Gasteiger partial charge in [-0.15, -0.1) is 0 Å². The molecule has 0 aromatic carbocycles. The molecule has 0 aromatic heterocycles. The third-order valence-corrected chi connectivity index (χ3v) is 9.53. The Kier molecular flexibility index (Phi) is 40.2. The van der Waals surface area contributed by atoms with Gasteiger partial charge in [-0.3, -0.25) is 18.6 Å². The van der Waals surface area contributed by atoms with Gasteiger partial charge in [0.1, 0.15) is 6.61 Å². The van der Waals surface area contributed by atoms with Crippen molar-refractivity contribution in [2.45, 2.75) is 161 Å². The molecule has 0 heterocycles. The molecule has 0 saturated carbocycles. The summed E-state index contributed by atoms with van der Waals surface area (Å²) >= 11 is 0. The van der Waals surface area contributed by atoms with E-state index >= 15 is 0 Å². The Labute approximate surface area is 346 Å². The first kappa shape index (κ1) is 53.9. The number of phosphoric ester groups is 1. The van der Waals surface area contributed by atoms with Gasteiger partial charge >= 0.3 is 19.8 Å². The Morgan fingerprint density at radius 1 is 0.561 bits per heavy atom. The van der Waals surface area contributed by atoms with Crippen LogP contribution in [0.2, 0.25) is 0 Å². The van der Waals surface area contributed by atoms with Crippen LogP contribution in [0, 0.1) is 0 Å². The predicted molar refractivity (Wildman–Crippen MR) is 238 cm³/mol. The lowest BCUT2D eigenvalue weighted by Crippen LogP contribution is -2.29. The van der Waals surface area contributed by atoms with Gasteiger partial charge in [-0.2, -0.15) is 0 Å². The number of carbonyl (C=O) groups excluding carboxylic acids is 2. The largest absolute Gasteiger partial charge is 0.472 e. The van der Waals surface area contributed by atoms with Gasteiger partial charge in [0.05, 0.1) is 13.2 Å². The van der Waals surface area contributed by atoms with Crippen molar-refractivity contribution in [3.63, 3.8) is 0 Å². The molecular weight excluding hydrogens is 737 g/mol. The van der Waals surface area contributed by atoms with Crippen LogP contribution in [0.5, 0.6) is 0 Å². The van der Waals surface area contributed by atoms with Crippen LogP contribution in [-0.4, -0.2) is 49.3 Å². The highest BCUT2D eigenvalue weighted by Crippen LogP contribution is 2.43. The Morgan fingerprint density at radius 2 is 1.05 bits per heavy atom. The zero-order chi connectivity index (χ0) is 41.8. The van der Waals surface area contributed by atoms with Crippen LogP contribution < -0.4 is 5.73 Å². The van der Waals surface area contributed by atoms with Crippen LogP contribution in [0.25, 0.3) is 0 Å². The lowest BCUT2D eigenvalue weighted by molar-refractivity contribution is -0.161. The number of esters is 2.